The number of likely N-dealkylation sites (N-methyl/N-ethyl adjacent to an activating group) is 3. The number of carbonyl (C=O) groups excluding carboxylic acids is 15. The monoisotopic (exact) mass is 1750 g/mol. The SMILES string of the molecule is CCC[C@H]1C(=O)N2CCC[C@@H]2C(=O)N[C@@H](CCN)C(=O)N[C@@H](C(C)C)C(=O)N(C)[C@@H](Cc2ccccc2)C(=O)N[C@@H](CC(=O)O)C(=O)N2CCC[C@@H]2C(=O)N[C@@H](Cc2c[nH]c3ccccc23)C(=O)N[C@@H](Cc2ccc(O)cc2)C(=O)N[C@@H](CC(C)C)C(=O)N[C@H](C(=O)NCC=O)CSCC(=O)N[C@@H](Cc2ccccc2)C(=O)N(C)[C@@H](Cc2ccccc2)C(=O)N1C. The number of fused-ring (bicyclic) bond motifs is 3. The zero-order valence-corrected chi connectivity index (χ0v) is 73.2. The molecule has 13 atom stereocenters. The molecule has 35 heteroatoms. The van der Waals surface area contributed by atoms with Crippen LogP contribution in [0.1, 0.15) is 120 Å². The minimum atomic E-state index is -1.89. The van der Waals surface area contributed by atoms with Crippen LogP contribution in [0.5, 0.6) is 5.75 Å². The zero-order chi connectivity index (χ0) is 91.4. The number of aromatic amines is 1. The second-order valence-corrected chi connectivity index (χ2v) is 34.0. The van der Waals surface area contributed by atoms with E-state index in [-0.39, 0.29) is 108 Å². The van der Waals surface area contributed by atoms with Gasteiger partial charge in [-0.1, -0.05) is 162 Å². The number of thioether (sulfide) groups is 1. The first-order chi connectivity index (χ1) is 60.3. The number of amides is 14. The van der Waals surface area contributed by atoms with Crippen LogP contribution < -0.4 is 53.6 Å². The number of hydrogen-bond acceptors (Lipinski definition) is 19. The molecule has 3 aliphatic heterocycles. The molecule has 126 heavy (non-hydrogen) atoms. The molecule has 3 aliphatic rings. The van der Waals surface area contributed by atoms with E-state index in [1.807, 2.05) is 6.92 Å². The summed E-state index contributed by atoms with van der Waals surface area (Å²) in [6, 6.07) is 19.9. The number of benzene rings is 5. The Balaban J connectivity index is 1.10. The molecule has 14 amide bonds. The van der Waals surface area contributed by atoms with Crippen LogP contribution in [0.4, 0.5) is 0 Å². The molecule has 0 aliphatic carbocycles. The number of aromatic hydroxyl groups is 1. The maximum Gasteiger partial charge on any atom is 0.305 e. The zero-order valence-electron chi connectivity index (χ0n) is 72.4. The summed E-state index contributed by atoms with van der Waals surface area (Å²) in [6.45, 7) is 7.87. The van der Waals surface area contributed by atoms with E-state index in [2.05, 4.69) is 52.8 Å². The van der Waals surface area contributed by atoms with Crippen LogP contribution >= 0.6 is 11.8 Å². The standard InChI is InChI=1S/C91H118N16O18S/c1-9-23-73-90(124)107-42-22-33-72(107)84(118)96-64(38-39-92)80(114)102-78(55(4)5)91(125)104(7)74(47-57-26-15-11-16-27-57)86(120)100-69(50-77(111)112)88(122)106-41-21-32-71(106)85(119)99-67(49-60-51-94-63-31-20-19-30-62(60)63)83(117)98-66(45-59-34-36-61(109)37-35-59)82(116)97-65(44-54(2)3)81(115)101-70(79(113)93-40-43-108)52-126-53-76(110)95-68(46-56-24-13-10-14-25-56)87(121)105(8)75(89(123)103(73)6)48-58-28-17-12-18-29-58/h10-20,24-31,34-37,43,51,54-55,64-75,78,94,109H,9,21-23,32-33,38-42,44-50,52-53,92H2,1-8H3,(H,93,113)(H,95,110)(H,96,118)(H,97,116)(H,98,117)(H,99,119)(H,100,120)(H,101,115)(H,102,114)(H,111,112)/t64-,65-,66-,67-,68-,69-,70-,71+,72+,73-,74-,75-,78-/m0/s1. The number of para-hydroxylation sites is 1. The number of aliphatic carboxylic acids is 1. The van der Waals surface area contributed by atoms with Crippen LogP contribution in [0.2, 0.25) is 0 Å². The average Bonchev–Trinajstić information content (AvgIpc) is 1.45. The van der Waals surface area contributed by atoms with Crippen LogP contribution in [-0.2, 0) is 109 Å². The van der Waals surface area contributed by atoms with Crippen molar-refractivity contribution in [3.63, 3.8) is 0 Å². The Morgan fingerprint density at radius 1 is 0.508 bits per heavy atom. The number of aldehydes is 1. The van der Waals surface area contributed by atoms with Crippen molar-refractivity contribution in [2.75, 3.05) is 58.8 Å². The van der Waals surface area contributed by atoms with Gasteiger partial charge in [0.1, 0.15) is 90.6 Å². The van der Waals surface area contributed by atoms with Gasteiger partial charge in [0.25, 0.3) is 0 Å². The second kappa shape index (κ2) is 47.0. The highest BCUT2D eigenvalue weighted by molar-refractivity contribution is 8.00. The molecule has 6 aromatic rings. The highest BCUT2D eigenvalue weighted by Gasteiger charge is 2.46. The fourth-order valence-electron chi connectivity index (χ4n) is 16.1. The van der Waals surface area contributed by atoms with E-state index in [0.717, 1.165) is 21.6 Å². The lowest BCUT2D eigenvalue weighted by atomic mass is 9.98. The summed E-state index contributed by atoms with van der Waals surface area (Å²) < 4.78 is 0. The Kier molecular flexibility index (Phi) is 36.3. The van der Waals surface area contributed by atoms with Crippen LogP contribution in [0, 0.1) is 11.8 Å². The average molecular weight is 1760 g/mol. The molecule has 0 bridgehead atoms. The second-order valence-electron chi connectivity index (χ2n) is 33.0. The van der Waals surface area contributed by atoms with E-state index in [9.17, 15) is 43.8 Å². The normalized spacial score (nSPS) is 24.2. The topological polar surface area (TPSA) is 480 Å². The summed E-state index contributed by atoms with van der Waals surface area (Å²) in [7, 11) is 4.15. The van der Waals surface area contributed by atoms with Gasteiger partial charge >= 0.3 is 5.97 Å². The molecule has 34 nitrogen and oxygen atoms in total. The Morgan fingerprint density at radius 2 is 1.00 bits per heavy atom. The summed E-state index contributed by atoms with van der Waals surface area (Å²) in [4.78, 5) is 245. The van der Waals surface area contributed by atoms with Gasteiger partial charge in [-0.05, 0) is 109 Å². The molecule has 0 unspecified atom stereocenters. The minimum Gasteiger partial charge on any atom is -0.508 e. The van der Waals surface area contributed by atoms with Gasteiger partial charge in [0.15, 0.2) is 0 Å². The predicted octanol–water partition coefficient (Wildman–Crippen LogP) is 2.12. The third-order valence-electron chi connectivity index (χ3n) is 22.9. The minimum absolute atomic E-state index is 0.0248. The number of phenols is 1. The number of carboxylic acid groups (broad SMARTS) is 1. The number of phenolic OH excluding ortho intramolecular Hbond substituents is 1. The fourth-order valence-corrected chi connectivity index (χ4v) is 17.0. The number of H-pyrrole nitrogens is 1. The van der Waals surface area contributed by atoms with Crippen molar-refractivity contribution in [3.05, 3.63) is 174 Å². The van der Waals surface area contributed by atoms with Gasteiger partial charge in [0.2, 0.25) is 82.7 Å². The first-order valence-electron chi connectivity index (χ1n) is 42.8. The molecule has 0 spiro atoms. The Hall–Kier alpha value is -12.5. The largest absolute Gasteiger partial charge is 0.508 e. The molecular weight excluding hydrogens is 1640 g/mol. The van der Waals surface area contributed by atoms with E-state index in [4.69, 9.17) is 5.73 Å². The first kappa shape index (κ1) is 97.3. The van der Waals surface area contributed by atoms with E-state index in [1.165, 1.54) is 60.1 Å². The van der Waals surface area contributed by atoms with Crippen LogP contribution in [0.25, 0.3) is 10.9 Å². The van der Waals surface area contributed by atoms with Gasteiger partial charge in [-0.2, -0.15) is 0 Å². The molecule has 5 aromatic carbocycles. The Morgan fingerprint density at radius 3 is 1.57 bits per heavy atom. The lowest BCUT2D eigenvalue weighted by Gasteiger charge is -2.38. The number of carboxylic acids is 1. The van der Waals surface area contributed by atoms with Gasteiger partial charge in [-0.3, -0.25) is 71.9 Å². The van der Waals surface area contributed by atoms with Gasteiger partial charge in [0.05, 0.1) is 18.7 Å². The molecule has 0 radical (unpaired) electrons. The van der Waals surface area contributed by atoms with Crippen LogP contribution in [0.15, 0.2) is 146 Å². The summed E-state index contributed by atoms with van der Waals surface area (Å²) >= 11 is 0.871. The molecule has 1 aromatic heterocycles. The third-order valence-corrected chi connectivity index (χ3v) is 24.0. The van der Waals surface area contributed by atoms with E-state index < -0.39 is 192 Å². The smallest absolute Gasteiger partial charge is 0.305 e. The third kappa shape index (κ3) is 26.8. The van der Waals surface area contributed by atoms with Crippen molar-refractivity contribution in [1.82, 2.24) is 77.3 Å². The first-order valence-corrected chi connectivity index (χ1v) is 43.9. The highest BCUT2D eigenvalue weighted by atomic mass is 32.2. The number of aromatic nitrogens is 1. The molecule has 14 N–H and O–H groups in total. The quantitative estimate of drug-likeness (QED) is 0.0433. The molecule has 0 saturated carbocycles. The fraction of sp³-hybridized carbons (Fsp3) is 0.473. The Bertz CT molecular complexity index is 4810. The number of nitrogens with zero attached hydrogens (tertiary/aromatic N) is 5. The van der Waals surface area contributed by atoms with Crippen LogP contribution in [-0.4, -0.2) is 272 Å². The number of hydrogen-bond donors (Lipinski definition) is 13. The van der Waals surface area contributed by atoms with Crippen molar-refractivity contribution in [2.24, 2.45) is 17.6 Å². The van der Waals surface area contributed by atoms with Crippen molar-refractivity contribution in [1.29, 1.82) is 0 Å². The molecule has 676 valence electrons. The van der Waals surface area contributed by atoms with Crippen LogP contribution in [0.3, 0.4) is 0 Å². The lowest BCUT2D eigenvalue weighted by molar-refractivity contribution is -0.152. The van der Waals surface area contributed by atoms with Gasteiger partial charge in [-0.15, -0.1) is 11.8 Å². The Labute approximate surface area is 736 Å². The van der Waals surface area contributed by atoms with Crippen molar-refractivity contribution >= 4 is 118 Å². The molecule has 9 rings (SSSR count). The van der Waals surface area contributed by atoms with Crippen molar-refractivity contribution in [3.8, 4) is 5.75 Å². The molecular formula is C91H118N16O18S. The predicted molar refractivity (Wildman–Crippen MR) is 470 cm³/mol. The summed E-state index contributed by atoms with van der Waals surface area (Å²) in [5.41, 5.74) is 9.47. The van der Waals surface area contributed by atoms with E-state index in [0.29, 0.717) is 57.8 Å². The number of carbonyl (C=O) groups is 16. The van der Waals surface area contributed by atoms with Gasteiger partial charge < -0.3 is 98.1 Å². The maximum absolute atomic E-state index is 15.6. The van der Waals surface area contributed by atoms with Gasteiger partial charge in [0, 0.05) is 89.2 Å². The molecule has 3 fully saturated rings. The number of nitrogens with one attached hydrogen (secondary N) is 10. The molecule has 3 saturated heterocycles. The van der Waals surface area contributed by atoms with Gasteiger partial charge in [-0.25, -0.2) is 0 Å². The van der Waals surface area contributed by atoms with Crippen molar-refractivity contribution in [2.45, 2.75) is 203 Å². The highest BCUT2D eigenvalue weighted by Crippen LogP contribution is 2.28. The number of rotatable bonds is 22. The number of nitrogens with two attached hydrogens (primary N) is 1. The van der Waals surface area contributed by atoms with E-state index >= 15 is 43.2 Å². The summed E-state index contributed by atoms with van der Waals surface area (Å²) in [5.74, 6) is -15.2. The van der Waals surface area contributed by atoms with Crippen molar-refractivity contribution < 1.29 is 86.9 Å². The summed E-state index contributed by atoms with van der Waals surface area (Å²) in [5, 5.41) is 46.0. The summed E-state index contributed by atoms with van der Waals surface area (Å²) in [6.07, 6.45) is 0.928. The van der Waals surface area contributed by atoms with E-state index in [1.54, 1.807) is 149 Å². The maximum atomic E-state index is 15.6. The lowest BCUT2D eigenvalue weighted by Crippen LogP contribution is -2.62. The molecule has 4 heterocycles.